The van der Waals surface area contributed by atoms with Crippen molar-refractivity contribution in [2.45, 2.75) is 53.1 Å². The summed E-state index contributed by atoms with van der Waals surface area (Å²) in [5.41, 5.74) is 0.215. The number of aryl methyl sites for hydroxylation is 2. The second-order valence-corrected chi connectivity index (χ2v) is 4.88. The second-order valence-electron chi connectivity index (χ2n) is 4.88. The molecule has 0 radical (unpaired) electrons. The first-order valence-electron chi connectivity index (χ1n) is 5.97. The van der Waals surface area contributed by atoms with E-state index >= 15 is 0 Å². The Morgan fingerprint density at radius 3 is 2.47 bits per heavy atom. The van der Waals surface area contributed by atoms with E-state index in [0.29, 0.717) is 5.69 Å². The van der Waals surface area contributed by atoms with Crippen molar-refractivity contribution in [1.82, 2.24) is 0 Å². The molecule has 0 unspecified atom stereocenters. The van der Waals surface area contributed by atoms with Gasteiger partial charge in [-0.1, -0.05) is 13.8 Å². The number of furan rings is 1. The highest BCUT2D eigenvalue weighted by molar-refractivity contribution is 5.85. The van der Waals surface area contributed by atoms with E-state index in [2.05, 4.69) is 5.32 Å². The van der Waals surface area contributed by atoms with Gasteiger partial charge in [-0.3, -0.25) is 5.32 Å². The van der Waals surface area contributed by atoms with Crippen LogP contribution in [0.1, 0.15) is 46.1 Å². The summed E-state index contributed by atoms with van der Waals surface area (Å²) >= 11 is 0. The standard InChI is InChI=1S/C13H21NO3/c1-6-9-8-10(11(7-2)16-9)14-12(15)17-13(3,4)5/h8H,6-7H2,1-5H3,(H,14,15). The third kappa shape index (κ3) is 4.13. The van der Waals surface area contributed by atoms with Gasteiger partial charge < -0.3 is 9.15 Å². The minimum atomic E-state index is -0.492. The molecule has 1 heterocycles. The molecule has 1 amide bonds. The molecule has 0 aliphatic rings. The molecule has 0 bridgehead atoms. The summed E-state index contributed by atoms with van der Waals surface area (Å²) < 4.78 is 10.8. The van der Waals surface area contributed by atoms with Crippen molar-refractivity contribution >= 4 is 11.8 Å². The molecule has 4 heteroatoms. The average molecular weight is 239 g/mol. The van der Waals surface area contributed by atoms with Gasteiger partial charge in [-0.25, -0.2) is 4.79 Å². The summed E-state index contributed by atoms with van der Waals surface area (Å²) in [5.74, 6) is 1.65. The lowest BCUT2D eigenvalue weighted by Crippen LogP contribution is -2.27. The maximum Gasteiger partial charge on any atom is 0.412 e. The maximum atomic E-state index is 11.6. The van der Waals surface area contributed by atoms with Gasteiger partial charge in [0.05, 0.1) is 5.69 Å². The fourth-order valence-electron chi connectivity index (χ4n) is 1.44. The van der Waals surface area contributed by atoms with Crippen LogP contribution in [0.25, 0.3) is 0 Å². The van der Waals surface area contributed by atoms with Gasteiger partial charge in [-0.05, 0) is 20.8 Å². The third-order valence-corrected chi connectivity index (χ3v) is 2.17. The number of ether oxygens (including phenoxy) is 1. The van der Waals surface area contributed by atoms with Gasteiger partial charge in [-0.2, -0.15) is 0 Å². The molecule has 1 rings (SSSR count). The zero-order chi connectivity index (χ0) is 13.1. The van der Waals surface area contributed by atoms with Crippen LogP contribution in [0.2, 0.25) is 0 Å². The van der Waals surface area contributed by atoms with Crippen LogP contribution >= 0.6 is 0 Å². The van der Waals surface area contributed by atoms with Gasteiger partial charge >= 0.3 is 6.09 Å². The molecule has 17 heavy (non-hydrogen) atoms. The fraction of sp³-hybridized carbons (Fsp3) is 0.615. The number of nitrogens with one attached hydrogen (secondary N) is 1. The summed E-state index contributed by atoms with van der Waals surface area (Å²) in [6, 6.07) is 1.85. The van der Waals surface area contributed by atoms with Crippen molar-refractivity contribution < 1.29 is 13.9 Å². The Morgan fingerprint density at radius 1 is 1.35 bits per heavy atom. The Bertz CT molecular complexity index is 388. The number of carbonyl (C=O) groups excluding carboxylic acids is 1. The first-order valence-corrected chi connectivity index (χ1v) is 5.97. The van der Waals surface area contributed by atoms with E-state index in [0.717, 1.165) is 24.4 Å². The predicted octanol–water partition coefficient (Wildman–Crippen LogP) is 3.75. The van der Waals surface area contributed by atoms with Crippen LogP contribution < -0.4 is 5.32 Å². The molecule has 0 spiro atoms. The molecule has 0 aliphatic heterocycles. The summed E-state index contributed by atoms with van der Waals surface area (Å²) in [7, 11) is 0. The van der Waals surface area contributed by atoms with Gasteiger partial charge in [0.1, 0.15) is 17.1 Å². The van der Waals surface area contributed by atoms with Crippen LogP contribution in [0.5, 0.6) is 0 Å². The molecule has 1 aromatic rings. The highest BCUT2D eigenvalue weighted by atomic mass is 16.6. The Morgan fingerprint density at radius 2 is 2.00 bits per heavy atom. The van der Waals surface area contributed by atoms with Gasteiger partial charge in [0.2, 0.25) is 0 Å². The number of anilines is 1. The van der Waals surface area contributed by atoms with Crippen molar-refractivity contribution in [2.75, 3.05) is 5.32 Å². The minimum absolute atomic E-state index is 0.448. The zero-order valence-electron chi connectivity index (χ0n) is 11.2. The van der Waals surface area contributed by atoms with Gasteiger partial charge in [0.15, 0.2) is 0 Å². The van der Waals surface area contributed by atoms with Crippen LogP contribution in [0.4, 0.5) is 10.5 Å². The van der Waals surface area contributed by atoms with E-state index in [9.17, 15) is 4.79 Å². The number of rotatable bonds is 3. The van der Waals surface area contributed by atoms with Crippen LogP contribution in [0, 0.1) is 0 Å². The van der Waals surface area contributed by atoms with Crippen LogP contribution in [-0.2, 0) is 17.6 Å². The summed E-state index contributed by atoms with van der Waals surface area (Å²) in [6.45, 7) is 9.49. The average Bonchev–Trinajstić information content (AvgIpc) is 2.57. The van der Waals surface area contributed by atoms with Crippen molar-refractivity contribution in [2.24, 2.45) is 0 Å². The third-order valence-electron chi connectivity index (χ3n) is 2.17. The Kier molecular flexibility index (Phi) is 4.21. The van der Waals surface area contributed by atoms with E-state index < -0.39 is 11.7 Å². The summed E-state index contributed by atoms with van der Waals surface area (Å²) in [5, 5.41) is 2.72. The lowest BCUT2D eigenvalue weighted by atomic mass is 10.2. The normalized spacial score (nSPS) is 11.4. The van der Waals surface area contributed by atoms with Crippen LogP contribution in [0.15, 0.2) is 10.5 Å². The van der Waals surface area contributed by atoms with E-state index in [1.807, 2.05) is 40.7 Å². The molecule has 1 N–H and O–H groups in total. The summed E-state index contributed by atoms with van der Waals surface area (Å²) in [4.78, 5) is 11.6. The molecular formula is C13H21NO3. The van der Waals surface area contributed by atoms with Crippen LogP contribution in [-0.4, -0.2) is 11.7 Å². The van der Waals surface area contributed by atoms with Crippen molar-refractivity contribution in [3.8, 4) is 0 Å². The van der Waals surface area contributed by atoms with E-state index in [1.54, 1.807) is 0 Å². The first-order chi connectivity index (χ1) is 7.85. The molecule has 0 saturated heterocycles. The maximum absolute atomic E-state index is 11.6. The zero-order valence-corrected chi connectivity index (χ0v) is 11.2. The molecule has 96 valence electrons. The molecule has 0 fully saturated rings. The van der Waals surface area contributed by atoms with Gasteiger partial charge in [0, 0.05) is 18.9 Å². The quantitative estimate of drug-likeness (QED) is 0.873. The molecule has 0 atom stereocenters. The Balaban J connectivity index is 2.73. The number of hydrogen-bond donors (Lipinski definition) is 1. The van der Waals surface area contributed by atoms with Crippen molar-refractivity contribution in [3.63, 3.8) is 0 Å². The van der Waals surface area contributed by atoms with Crippen molar-refractivity contribution in [1.29, 1.82) is 0 Å². The number of amides is 1. The second kappa shape index (κ2) is 5.25. The van der Waals surface area contributed by atoms with Gasteiger partial charge in [-0.15, -0.1) is 0 Å². The largest absolute Gasteiger partial charge is 0.464 e. The molecule has 0 aliphatic carbocycles. The topological polar surface area (TPSA) is 51.5 Å². The number of carbonyl (C=O) groups is 1. The van der Waals surface area contributed by atoms with Gasteiger partial charge in [0.25, 0.3) is 0 Å². The minimum Gasteiger partial charge on any atom is -0.464 e. The molecule has 0 saturated carbocycles. The van der Waals surface area contributed by atoms with Crippen LogP contribution in [0.3, 0.4) is 0 Å². The van der Waals surface area contributed by atoms with Crippen molar-refractivity contribution in [3.05, 3.63) is 17.6 Å². The van der Waals surface area contributed by atoms with E-state index in [4.69, 9.17) is 9.15 Å². The Labute approximate surface area is 102 Å². The highest BCUT2D eigenvalue weighted by Crippen LogP contribution is 2.22. The molecule has 4 nitrogen and oxygen atoms in total. The molecule has 1 aromatic heterocycles. The number of hydrogen-bond acceptors (Lipinski definition) is 3. The summed E-state index contributed by atoms with van der Waals surface area (Å²) in [6.07, 6.45) is 1.10. The smallest absolute Gasteiger partial charge is 0.412 e. The predicted molar refractivity (Wildman–Crippen MR) is 67.3 cm³/mol. The lowest BCUT2D eigenvalue weighted by Gasteiger charge is -2.19. The Hall–Kier alpha value is -1.45. The molecule has 0 aromatic carbocycles. The fourth-order valence-corrected chi connectivity index (χ4v) is 1.44. The first kappa shape index (κ1) is 13.6. The van der Waals surface area contributed by atoms with E-state index in [-0.39, 0.29) is 0 Å². The highest BCUT2D eigenvalue weighted by Gasteiger charge is 2.18. The lowest BCUT2D eigenvalue weighted by molar-refractivity contribution is 0.0635. The SMILES string of the molecule is CCc1cc(NC(=O)OC(C)(C)C)c(CC)o1. The molecular weight excluding hydrogens is 218 g/mol. The monoisotopic (exact) mass is 239 g/mol. The van der Waals surface area contributed by atoms with E-state index in [1.165, 1.54) is 0 Å².